The summed E-state index contributed by atoms with van der Waals surface area (Å²) in [4.78, 5) is 1.96. The quantitative estimate of drug-likeness (QED) is 0.910. The number of alkyl halides is 2. The summed E-state index contributed by atoms with van der Waals surface area (Å²) in [6.45, 7) is 2.88. The van der Waals surface area contributed by atoms with Crippen molar-refractivity contribution in [2.24, 2.45) is 0 Å². The minimum absolute atomic E-state index is 0. The summed E-state index contributed by atoms with van der Waals surface area (Å²) >= 11 is 5.63. The van der Waals surface area contributed by atoms with Crippen LogP contribution in [0.1, 0.15) is 18.0 Å². The number of rotatable bonds is 4. The first kappa shape index (κ1) is 17.6. The molecule has 20 heavy (non-hydrogen) atoms. The van der Waals surface area contributed by atoms with Crippen LogP contribution >= 0.6 is 24.0 Å². The van der Waals surface area contributed by atoms with Gasteiger partial charge in [0.05, 0.1) is 5.02 Å². The average Bonchev–Trinajstić information content (AvgIpc) is 2.40. The van der Waals surface area contributed by atoms with E-state index < -0.39 is 18.3 Å². The molecule has 0 unspecified atom stereocenters. The highest BCUT2D eigenvalue weighted by atomic mass is 35.5. The molecular formula is C13H17Cl2F3N2. The molecule has 1 aliphatic heterocycles. The van der Waals surface area contributed by atoms with Crippen molar-refractivity contribution in [3.63, 3.8) is 0 Å². The monoisotopic (exact) mass is 328 g/mol. The smallest absolute Gasteiger partial charge is 0.240 e. The van der Waals surface area contributed by atoms with E-state index in [1.807, 2.05) is 4.90 Å². The Labute approximate surface area is 127 Å². The second-order valence-corrected chi connectivity index (χ2v) is 5.01. The SMILES string of the molecule is Cl.Fc1cc([C@@H](CC(F)F)N2CCNCC2)ccc1Cl. The van der Waals surface area contributed by atoms with Crippen LogP contribution in [-0.2, 0) is 0 Å². The molecule has 1 saturated heterocycles. The van der Waals surface area contributed by atoms with E-state index in [1.54, 1.807) is 6.07 Å². The number of hydrogen-bond acceptors (Lipinski definition) is 2. The van der Waals surface area contributed by atoms with Gasteiger partial charge in [0.2, 0.25) is 6.43 Å². The molecule has 0 bridgehead atoms. The van der Waals surface area contributed by atoms with Gasteiger partial charge in [0.1, 0.15) is 5.82 Å². The van der Waals surface area contributed by atoms with Crippen molar-refractivity contribution in [3.05, 3.63) is 34.6 Å². The molecule has 0 amide bonds. The van der Waals surface area contributed by atoms with E-state index in [-0.39, 0.29) is 23.9 Å². The Morgan fingerprint density at radius 1 is 1.25 bits per heavy atom. The molecule has 1 atom stereocenters. The van der Waals surface area contributed by atoms with Crippen LogP contribution in [0.15, 0.2) is 18.2 Å². The molecule has 1 N–H and O–H groups in total. The average molecular weight is 329 g/mol. The zero-order valence-corrected chi connectivity index (χ0v) is 12.4. The van der Waals surface area contributed by atoms with E-state index in [0.29, 0.717) is 18.7 Å². The lowest BCUT2D eigenvalue weighted by atomic mass is 10.0. The van der Waals surface area contributed by atoms with Crippen molar-refractivity contribution in [3.8, 4) is 0 Å². The van der Waals surface area contributed by atoms with Gasteiger partial charge in [-0.25, -0.2) is 13.2 Å². The summed E-state index contributed by atoms with van der Waals surface area (Å²) in [5, 5.41) is 3.18. The summed E-state index contributed by atoms with van der Waals surface area (Å²) in [6.07, 6.45) is -2.71. The van der Waals surface area contributed by atoms with Gasteiger partial charge >= 0.3 is 0 Å². The van der Waals surface area contributed by atoms with Gasteiger partial charge < -0.3 is 5.32 Å². The van der Waals surface area contributed by atoms with E-state index in [2.05, 4.69) is 5.32 Å². The van der Waals surface area contributed by atoms with E-state index in [9.17, 15) is 13.2 Å². The highest BCUT2D eigenvalue weighted by Gasteiger charge is 2.25. The Morgan fingerprint density at radius 2 is 1.90 bits per heavy atom. The molecule has 1 fully saturated rings. The molecule has 0 radical (unpaired) electrons. The molecule has 7 heteroatoms. The lowest BCUT2D eigenvalue weighted by Gasteiger charge is -2.35. The molecule has 2 nitrogen and oxygen atoms in total. The maximum absolute atomic E-state index is 13.5. The van der Waals surface area contributed by atoms with Crippen LogP contribution in [-0.4, -0.2) is 37.5 Å². The number of nitrogens with one attached hydrogen (secondary N) is 1. The van der Waals surface area contributed by atoms with Crippen LogP contribution in [0.4, 0.5) is 13.2 Å². The number of halogens is 5. The van der Waals surface area contributed by atoms with E-state index in [4.69, 9.17) is 11.6 Å². The minimum atomic E-state index is -2.42. The molecule has 0 spiro atoms. The van der Waals surface area contributed by atoms with Crippen molar-refractivity contribution in [1.29, 1.82) is 0 Å². The van der Waals surface area contributed by atoms with Crippen LogP contribution in [0.25, 0.3) is 0 Å². The zero-order chi connectivity index (χ0) is 13.8. The van der Waals surface area contributed by atoms with Crippen molar-refractivity contribution >= 4 is 24.0 Å². The fourth-order valence-electron chi connectivity index (χ4n) is 2.38. The molecule has 0 aliphatic carbocycles. The fourth-order valence-corrected chi connectivity index (χ4v) is 2.50. The predicted molar refractivity (Wildman–Crippen MR) is 76.5 cm³/mol. The van der Waals surface area contributed by atoms with Crippen molar-refractivity contribution in [1.82, 2.24) is 10.2 Å². The molecule has 1 heterocycles. The Bertz CT molecular complexity index is 426. The number of benzene rings is 1. The van der Waals surface area contributed by atoms with E-state index >= 15 is 0 Å². The minimum Gasteiger partial charge on any atom is -0.314 e. The highest BCUT2D eigenvalue weighted by molar-refractivity contribution is 6.30. The number of piperazine rings is 1. The largest absolute Gasteiger partial charge is 0.314 e. The highest BCUT2D eigenvalue weighted by Crippen LogP contribution is 2.29. The first-order valence-corrected chi connectivity index (χ1v) is 6.63. The maximum atomic E-state index is 13.5. The van der Waals surface area contributed by atoms with E-state index in [1.165, 1.54) is 12.1 Å². The Morgan fingerprint density at radius 3 is 2.45 bits per heavy atom. The Kier molecular flexibility index (Phi) is 7.09. The molecule has 1 aliphatic rings. The van der Waals surface area contributed by atoms with Gasteiger partial charge in [-0.05, 0) is 17.7 Å². The molecule has 0 aromatic heterocycles. The van der Waals surface area contributed by atoms with Gasteiger partial charge in [-0.3, -0.25) is 4.90 Å². The second kappa shape index (κ2) is 8.08. The van der Waals surface area contributed by atoms with Crippen LogP contribution < -0.4 is 5.32 Å². The summed E-state index contributed by atoms with van der Waals surface area (Å²) < 4.78 is 39.0. The lowest BCUT2D eigenvalue weighted by molar-refractivity contribution is 0.0738. The van der Waals surface area contributed by atoms with Crippen LogP contribution in [0, 0.1) is 5.82 Å². The predicted octanol–water partition coefficient (Wildman–Crippen LogP) is 3.50. The van der Waals surface area contributed by atoms with Gasteiger partial charge in [0.25, 0.3) is 0 Å². The summed E-state index contributed by atoms with van der Waals surface area (Å²) in [5.74, 6) is -0.562. The van der Waals surface area contributed by atoms with Gasteiger partial charge in [-0.1, -0.05) is 17.7 Å². The van der Waals surface area contributed by atoms with Crippen LogP contribution in [0.3, 0.4) is 0 Å². The molecule has 2 rings (SSSR count). The number of nitrogens with zero attached hydrogens (tertiary/aromatic N) is 1. The van der Waals surface area contributed by atoms with Gasteiger partial charge in [-0.15, -0.1) is 12.4 Å². The maximum Gasteiger partial charge on any atom is 0.240 e. The normalized spacial score (nSPS) is 17.9. The Balaban J connectivity index is 0.00000200. The van der Waals surface area contributed by atoms with Gasteiger partial charge in [0, 0.05) is 38.6 Å². The molecule has 114 valence electrons. The standard InChI is InChI=1S/C13H16ClF3N2.ClH/c14-10-2-1-9(7-11(10)15)12(8-13(16)17)19-5-3-18-4-6-19;/h1-2,7,12-13,18H,3-6,8H2;1H/t12-;/m1./s1. The molecule has 1 aromatic rings. The zero-order valence-electron chi connectivity index (χ0n) is 10.8. The third kappa shape index (κ3) is 4.52. The van der Waals surface area contributed by atoms with Gasteiger partial charge in [-0.2, -0.15) is 0 Å². The summed E-state index contributed by atoms with van der Waals surface area (Å²) in [6, 6.07) is 3.85. The molecule has 1 aromatic carbocycles. The third-order valence-electron chi connectivity index (χ3n) is 3.32. The van der Waals surface area contributed by atoms with Gasteiger partial charge in [0.15, 0.2) is 0 Å². The lowest BCUT2D eigenvalue weighted by Crippen LogP contribution is -2.45. The number of hydrogen-bond donors (Lipinski definition) is 1. The molecule has 0 saturated carbocycles. The first-order chi connectivity index (χ1) is 9.08. The van der Waals surface area contributed by atoms with Crippen molar-refractivity contribution < 1.29 is 13.2 Å². The topological polar surface area (TPSA) is 15.3 Å². The summed E-state index contributed by atoms with van der Waals surface area (Å²) in [7, 11) is 0. The Hall–Kier alpha value is -0.490. The summed E-state index contributed by atoms with van der Waals surface area (Å²) in [5.41, 5.74) is 0.559. The van der Waals surface area contributed by atoms with Crippen LogP contribution in [0.5, 0.6) is 0 Å². The first-order valence-electron chi connectivity index (χ1n) is 6.26. The van der Waals surface area contributed by atoms with Crippen molar-refractivity contribution in [2.75, 3.05) is 26.2 Å². The fraction of sp³-hybridized carbons (Fsp3) is 0.538. The third-order valence-corrected chi connectivity index (χ3v) is 3.63. The second-order valence-electron chi connectivity index (χ2n) is 4.60. The van der Waals surface area contributed by atoms with Crippen molar-refractivity contribution in [2.45, 2.75) is 18.9 Å². The molecular weight excluding hydrogens is 312 g/mol. The van der Waals surface area contributed by atoms with Crippen LogP contribution in [0.2, 0.25) is 5.02 Å². The van der Waals surface area contributed by atoms with E-state index in [0.717, 1.165) is 13.1 Å².